The Morgan fingerprint density at radius 1 is 0.968 bits per heavy atom. The van der Waals surface area contributed by atoms with Crippen LogP contribution in [0.2, 0.25) is 0 Å². The molecule has 0 radical (unpaired) electrons. The van der Waals surface area contributed by atoms with E-state index in [4.69, 9.17) is 4.74 Å². The van der Waals surface area contributed by atoms with Crippen LogP contribution in [0.1, 0.15) is 22.2 Å². The molecular weight excluding hydrogens is 438 g/mol. The van der Waals surface area contributed by atoms with Crippen LogP contribution in [0.4, 0.5) is 17.1 Å². The highest BCUT2D eigenvalue weighted by Gasteiger charge is 2.24. The number of thiophene rings is 1. The van der Waals surface area contributed by atoms with Gasteiger partial charge in [-0.15, -0.1) is 11.3 Å². The van der Waals surface area contributed by atoms with Crippen LogP contribution in [0.25, 0.3) is 0 Å². The summed E-state index contributed by atoms with van der Waals surface area (Å²) in [5.41, 5.74) is 2.15. The molecule has 0 saturated carbocycles. The predicted octanol–water partition coefficient (Wildman–Crippen LogP) is 4.08. The fraction of sp³-hybridized carbons (Fsp3) is 0.143. The summed E-state index contributed by atoms with van der Waals surface area (Å²) in [5, 5.41) is 6.82. The van der Waals surface area contributed by atoms with Crippen molar-refractivity contribution in [3.8, 4) is 5.75 Å². The molecule has 0 aliphatic carbocycles. The second kappa shape index (κ2) is 9.19. The van der Waals surface area contributed by atoms with Gasteiger partial charge >= 0.3 is 0 Å². The molecule has 1 heterocycles. The molecule has 2 amide bonds. The molecule has 0 spiro atoms. The first kappa shape index (κ1) is 22.3. The highest BCUT2D eigenvalue weighted by Crippen LogP contribution is 2.30. The highest BCUT2D eigenvalue weighted by atomic mass is 32.2. The average molecular weight is 460 g/mol. The van der Waals surface area contributed by atoms with E-state index in [-0.39, 0.29) is 15.7 Å². The van der Waals surface area contributed by atoms with Gasteiger partial charge in [0.1, 0.15) is 15.5 Å². The van der Waals surface area contributed by atoms with Gasteiger partial charge in [0.15, 0.2) is 0 Å². The zero-order valence-electron chi connectivity index (χ0n) is 17.1. The number of anilines is 3. The normalized spacial score (nSPS) is 10.9. The number of carbonyl (C=O) groups is 2. The topological polar surface area (TPSA) is 114 Å². The van der Waals surface area contributed by atoms with Gasteiger partial charge in [-0.2, -0.15) is 0 Å². The molecule has 0 aliphatic heterocycles. The van der Waals surface area contributed by atoms with E-state index in [2.05, 4.69) is 15.4 Å². The van der Waals surface area contributed by atoms with Gasteiger partial charge in [-0.3, -0.25) is 14.3 Å². The molecule has 3 N–H and O–H groups in total. The van der Waals surface area contributed by atoms with Gasteiger partial charge in [0.05, 0.1) is 12.8 Å². The lowest BCUT2D eigenvalue weighted by atomic mass is 10.2. The Morgan fingerprint density at radius 2 is 1.65 bits per heavy atom. The Labute approximate surface area is 184 Å². The van der Waals surface area contributed by atoms with Crippen molar-refractivity contribution in [2.24, 2.45) is 0 Å². The Morgan fingerprint density at radius 3 is 2.29 bits per heavy atom. The van der Waals surface area contributed by atoms with E-state index in [0.29, 0.717) is 22.8 Å². The quantitative estimate of drug-likeness (QED) is 0.493. The minimum absolute atomic E-state index is 0.0384. The summed E-state index contributed by atoms with van der Waals surface area (Å²) in [5.74, 6) is -0.455. The third-order valence-electron chi connectivity index (χ3n) is 4.20. The number of carbonyl (C=O) groups excluding carboxylic acids is 2. The van der Waals surface area contributed by atoms with E-state index >= 15 is 0 Å². The van der Waals surface area contributed by atoms with Gasteiger partial charge in [-0.25, -0.2) is 8.42 Å². The number of rotatable bonds is 7. The lowest BCUT2D eigenvalue weighted by Gasteiger charge is -2.12. The van der Waals surface area contributed by atoms with Crippen LogP contribution in [0.5, 0.6) is 5.75 Å². The first-order chi connectivity index (χ1) is 14.7. The van der Waals surface area contributed by atoms with Crippen molar-refractivity contribution in [2.45, 2.75) is 18.7 Å². The molecule has 3 rings (SSSR count). The molecular formula is C21H21N3O5S2. The second-order valence-corrected chi connectivity index (χ2v) is 9.20. The monoisotopic (exact) mass is 459 g/mol. The maximum atomic E-state index is 12.8. The van der Waals surface area contributed by atoms with Gasteiger partial charge < -0.3 is 15.4 Å². The molecule has 0 atom stereocenters. The lowest BCUT2D eigenvalue weighted by molar-refractivity contribution is -0.114. The predicted molar refractivity (Wildman–Crippen MR) is 122 cm³/mol. The summed E-state index contributed by atoms with van der Waals surface area (Å²) in [4.78, 5) is 24.1. The third kappa shape index (κ3) is 5.41. The second-order valence-electron chi connectivity index (χ2n) is 6.64. The van der Waals surface area contributed by atoms with Crippen LogP contribution in [0, 0.1) is 6.92 Å². The Balaban J connectivity index is 1.84. The van der Waals surface area contributed by atoms with E-state index < -0.39 is 15.9 Å². The number of ether oxygens (including phenoxy) is 1. The summed E-state index contributed by atoms with van der Waals surface area (Å²) >= 11 is 1.01. The van der Waals surface area contributed by atoms with Crippen molar-refractivity contribution in [3.63, 3.8) is 0 Å². The van der Waals surface area contributed by atoms with Crippen molar-refractivity contribution in [2.75, 3.05) is 22.5 Å². The molecule has 2 aromatic carbocycles. The zero-order valence-corrected chi connectivity index (χ0v) is 18.7. The number of hydrogen-bond acceptors (Lipinski definition) is 6. The number of methoxy groups -OCH3 is 1. The number of aryl methyl sites for hydroxylation is 1. The van der Waals surface area contributed by atoms with E-state index in [1.165, 1.54) is 31.5 Å². The van der Waals surface area contributed by atoms with Crippen molar-refractivity contribution >= 4 is 50.2 Å². The summed E-state index contributed by atoms with van der Waals surface area (Å²) in [6.07, 6.45) is 0. The Hall–Kier alpha value is -3.37. The average Bonchev–Trinajstić information content (AvgIpc) is 3.21. The van der Waals surface area contributed by atoms with Gasteiger partial charge in [0, 0.05) is 18.3 Å². The smallest absolute Gasteiger partial charge is 0.267 e. The van der Waals surface area contributed by atoms with E-state index in [0.717, 1.165) is 16.9 Å². The molecule has 162 valence electrons. The Kier molecular flexibility index (Phi) is 6.62. The van der Waals surface area contributed by atoms with Crippen LogP contribution in [-0.2, 0) is 14.8 Å². The fourth-order valence-corrected chi connectivity index (χ4v) is 5.15. The summed E-state index contributed by atoms with van der Waals surface area (Å²) < 4.78 is 33.4. The van der Waals surface area contributed by atoms with E-state index in [1.54, 1.807) is 36.4 Å². The van der Waals surface area contributed by atoms with E-state index in [9.17, 15) is 18.0 Å². The summed E-state index contributed by atoms with van der Waals surface area (Å²) in [6.45, 7) is 3.25. The van der Waals surface area contributed by atoms with Crippen LogP contribution in [-0.4, -0.2) is 27.3 Å². The standard InChI is InChI=1S/C21H21N3O5S2/c1-13-4-6-15(7-5-13)24-31(27,28)19-10-11-30-20(19)21(26)23-16-8-9-18(29-3)17(12-16)22-14(2)25/h4-12,24H,1-3H3,(H,22,25)(H,23,26). The number of amides is 2. The minimum atomic E-state index is -3.96. The third-order valence-corrected chi connectivity index (χ3v) is 6.66. The molecule has 0 bridgehead atoms. The molecule has 0 unspecified atom stereocenters. The van der Waals surface area contributed by atoms with Gasteiger partial charge in [0.2, 0.25) is 5.91 Å². The van der Waals surface area contributed by atoms with Crippen molar-refractivity contribution in [1.82, 2.24) is 0 Å². The molecule has 1 aromatic heterocycles. The highest BCUT2D eigenvalue weighted by molar-refractivity contribution is 7.93. The van der Waals surface area contributed by atoms with Gasteiger partial charge in [-0.1, -0.05) is 17.7 Å². The van der Waals surface area contributed by atoms with Crippen molar-refractivity contribution in [1.29, 1.82) is 0 Å². The minimum Gasteiger partial charge on any atom is -0.495 e. The largest absolute Gasteiger partial charge is 0.495 e. The van der Waals surface area contributed by atoms with Crippen LogP contribution < -0.4 is 20.1 Å². The number of hydrogen-bond donors (Lipinski definition) is 3. The Bertz CT molecular complexity index is 1220. The molecule has 0 fully saturated rings. The van der Waals surface area contributed by atoms with Crippen LogP contribution >= 0.6 is 11.3 Å². The zero-order chi connectivity index (χ0) is 22.6. The van der Waals surface area contributed by atoms with Crippen molar-refractivity contribution in [3.05, 3.63) is 64.4 Å². The fourth-order valence-electron chi connectivity index (χ4n) is 2.77. The first-order valence-corrected chi connectivity index (χ1v) is 11.5. The maximum absolute atomic E-state index is 12.8. The van der Waals surface area contributed by atoms with Gasteiger partial charge in [-0.05, 0) is 48.7 Å². The molecule has 31 heavy (non-hydrogen) atoms. The summed E-state index contributed by atoms with van der Waals surface area (Å²) in [6, 6.07) is 13.0. The molecule has 0 aliphatic rings. The first-order valence-electron chi connectivity index (χ1n) is 9.13. The van der Waals surface area contributed by atoms with Crippen LogP contribution in [0.3, 0.4) is 0 Å². The maximum Gasteiger partial charge on any atom is 0.267 e. The van der Waals surface area contributed by atoms with E-state index in [1.807, 2.05) is 6.92 Å². The lowest BCUT2D eigenvalue weighted by Crippen LogP contribution is -2.18. The number of benzene rings is 2. The van der Waals surface area contributed by atoms with Gasteiger partial charge in [0.25, 0.3) is 15.9 Å². The molecule has 8 nitrogen and oxygen atoms in total. The SMILES string of the molecule is COc1ccc(NC(=O)c2sccc2S(=O)(=O)Nc2ccc(C)cc2)cc1NC(C)=O. The molecule has 10 heteroatoms. The number of sulfonamides is 1. The number of nitrogens with one attached hydrogen (secondary N) is 3. The van der Waals surface area contributed by atoms with Crippen LogP contribution in [0.15, 0.2) is 58.8 Å². The summed E-state index contributed by atoms with van der Waals surface area (Å²) in [7, 11) is -2.50. The van der Waals surface area contributed by atoms with Crippen molar-refractivity contribution < 1.29 is 22.7 Å². The molecule has 3 aromatic rings. The molecule has 0 saturated heterocycles.